The average molecular weight is 303 g/mol. The van der Waals surface area contributed by atoms with Crippen LogP contribution in [0.15, 0.2) is 11.1 Å². The number of carbonyl (C=O) groups is 1. The van der Waals surface area contributed by atoms with Gasteiger partial charge in [0, 0.05) is 12.5 Å². The molecule has 0 aromatic carbocycles. The van der Waals surface area contributed by atoms with E-state index in [4.69, 9.17) is 4.74 Å². The molecular formula is C19H29NO2. The summed E-state index contributed by atoms with van der Waals surface area (Å²) >= 11 is 0. The smallest absolute Gasteiger partial charge is 0.310 e. The van der Waals surface area contributed by atoms with Crippen molar-refractivity contribution < 1.29 is 9.53 Å². The van der Waals surface area contributed by atoms with Crippen LogP contribution in [0.3, 0.4) is 0 Å². The second kappa shape index (κ2) is 5.36. The summed E-state index contributed by atoms with van der Waals surface area (Å²) < 4.78 is 5.85. The van der Waals surface area contributed by atoms with Crippen LogP contribution in [0.5, 0.6) is 0 Å². The minimum atomic E-state index is 0.0856. The maximum absolute atomic E-state index is 12.5. The first-order chi connectivity index (χ1) is 10.6. The van der Waals surface area contributed by atoms with Crippen molar-refractivity contribution in [1.29, 1.82) is 0 Å². The number of hydrogen-bond acceptors (Lipinski definition) is 3. The van der Waals surface area contributed by atoms with Crippen LogP contribution < -0.4 is 0 Å². The Bertz CT molecular complexity index is 506. The van der Waals surface area contributed by atoms with E-state index in [1.807, 2.05) is 0 Å². The lowest BCUT2D eigenvalue weighted by Crippen LogP contribution is -2.41. The number of allylic oxidation sites excluding steroid dienone is 2. The van der Waals surface area contributed by atoms with Gasteiger partial charge in [0.05, 0.1) is 5.92 Å². The first kappa shape index (κ1) is 14.7. The van der Waals surface area contributed by atoms with E-state index in [1.165, 1.54) is 45.2 Å². The molecule has 0 N–H and O–H groups in total. The van der Waals surface area contributed by atoms with Crippen molar-refractivity contribution >= 4 is 5.97 Å². The topological polar surface area (TPSA) is 29.5 Å². The molecule has 122 valence electrons. The Kier molecular flexibility index (Phi) is 3.60. The molecule has 22 heavy (non-hydrogen) atoms. The predicted octanol–water partition coefficient (Wildman–Crippen LogP) is 3.54. The van der Waals surface area contributed by atoms with Gasteiger partial charge in [0.2, 0.25) is 0 Å². The number of fused-ring (bicyclic) bond motifs is 2. The fourth-order valence-corrected chi connectivity index (χ4v) is 5.56. The third-order valence-corrected chi connectivity index (χ3v) is 6.83. The molecule has 2 heterocycles. The largest absolute Gasteiger partial charge is 0.462 e. The first-order valence-corrected chi connectivity index (χ1v) is 9.19. The zero-order valence-corrected chi connectivity index (χ0v) is 14.1. The van der Waals surface area contributed by atoms with Gasteiger partial charge < -0.3 is 9.64 Å². The second-order valence-corrected chi connectivity index (χ2v) is 8.33. The Hall–Kier alpha value is -0.830. The van der Waals surface area contributed by atoms with Gasteiger partial charge in [-0.15, -0.1) is 0 Å². The van der Waals surface area contributed by atoms with Gasteiger partial charge in [0.15, 0.2) is 0 Å². The van der Waals surface area contributed by atoms with Crippen LogP contribution in [0.1, 0.15) is 58.8 Å². The van der Waals surface area contributed by atoms with Gasteiger partial charge in [-0.1, -0.05) is 18.1 Å². The lowest BCUT2D eigenvalue weighted by atomic mass is 9.59. The Labute approximate surface area is 134 Å². The summed E-state index contributed by atoms with van der Waals surface area (Å²) in [7, 11) is 0. The van der Waals surface area contributed by atoms with E-state index in [0.717, 1.165) is 19.4 Å². The van der Waals surface area contributed by atoms with Crippen LogP contribution in [0, 0.1) is 17.3 Å². The highest BCUT2D eigenvalue weighted by molar-refractivity contribution is 5.76. The van der Waals surface area contributed by atoms with Gasteiger partial charge in [0.25, 0.3) is 0 Å². The van der Waals surface area contributed by atoms with Crippen molar-refractivity contribution in [2.24, 2.45) is 17.3 Å². The molecule has 2 aliphatic carbocycles. The predicted molar refractivity (Wildman–Crippen MR) is 86.4 cm³/mol. The molecule has 0 spiro atoms. The fourth-order valence-electron chi connectivity index (χ4n) is 5.56. The third-order valence-electron chi connectivity index (χ3n) is 6.83. The zero-order chi connectivity index (χ0) is 15.3. The molecule has 2 saturated heterocycles. The van der Waals surface area contributed by atoms with Gasteiger partial charge in [0.1, 0.15) is 6.10 Å². The fraction of sp³-hybridized carbons (Fsp3) is 0.842. The van der Waals surface area contributed by atoms with E-state index in [0.29, 0.717) is 11.3 Å². The molecule has 0 aromatic heterocycles. The molecule has 3 fully saturated rings. The molecule has 0 radical (unpaired) electrons. The van der Waals surface area contributed by atoms with Crippen molar-refractivity contribution in [3.05, 3.63) is 11.1 Å². The minimum absolute atomic E-state index is 0.0856. The first-order valence-electron chi connectivity index (χ1n) is 9.19. The van der Waals surface area contributed by atoms with Crippen molar-refractivity contribution in [1.82, 2.24) is 4.90 Å². The number of esters is 1. The van der Waals surface area contributed by atoms with Crippen molar-refractivity contribution in [2.45, 2.75) is 64.9 Å². The minimum Gasteiger partial charge on any atom is -0.462 e. The van der Waals surface area contributed by atoms with E-state index in [1.54, 1.807) is 11.1 Å². The monoisotopic (exact) mass is 303 g/mol. The summed E-state index contributed by atoms with van der Waals surface area (Å²) in [5.74, 6) is 0.640. The number of nitrogens with zero attached hydrogens (tertiary/aromatic N) is 1. The SMILES string of the molecule is CC1=C2C[C@@H]3C(CN4CCCC4)C(=O)O[C@@H]3C[C@@]2(C)CCC1. The molecule has 1 unspecified atom stereocenters. The third kappa shape index (κ3) is 2.33. The van der Waals surface area contributed by atoms with Crippen LogP contribution in [-0.4, -0.2) is 36.6 Å². The number of rotatable bonds is 2. The standard InChI is InChI=1S/C19H29NO2/c1-13-6-5-7-19(2)11-17-14(10-16(13)19)15(18(21)22-17)12-20-8-3-4-9-20/h14-15,17H,3-12H2,1-2H3/t14-,15?,17-,19-/m1/s1. The lowest BCUT2D eigenvalue weighted by molar-refractivity contribution is -0.145. The van der Waals surface area contributed by atoms with E-state index < -0.39 is 0 Å². The van der Waals surface area contributed by atoms with Crippen LogP contribution in [0.2, 0.25) is 0 Å². The zero-order valence-electron chi connectivity index (χ0n) is 14.1. The number of carbonyl (C=O) groups excluding carboxylic acids is 1. The highest BCUT2D eigenvalue weighted by Crippen LogP contribution is 2.55. The Morgan fingerprint density at radius 2 is 2.05 bits per heavy atom. The Balaban J connectivity index is 1.56. The van der Waals surface area contributed by atoms with Crippen molar-refractivity contribution in [2.75, 3.05) is 19.6 Å². The quantitative estimate of drug-likeness (QED) is 0.577. The van der Waals surface area contributed by atoms with Crippen molar-refractivity contribution in [3.8, 4) is 0 Å². The maximum atomic E-state index is 12.5. The summed E-state index contributed by atoms with van der Waals surface area (Å²) in [5.41, 5.74) is 3.57. The molecule has 3 nitrogen and oxygen atoms in total. The summed E-state index contributed by atoms with van der Waals surface area (Å²) in [4.78, 5) is 14.9. The van der Waals surface area contributed by atoms with Gasteiger partial charge in [-0.2, -0.15) is 0 Å². The summed E-state index contributed by atoms with van der Waals surface area (Å²) in [6.45, 7) is 7.99. The molecule has 4 atom stereocenters. The number of ether oxygens (including phenoxy) is 1. The normalized spacial score (nSPS) is 42.3. The highest BCUT2D eigenvalue weighted by atomic mass is 16.6. The van der Waals surface area contributed by atoms with Gasteiger partial charge >= 0.3 is 5.97 Å². The molecule has 4 aliphatic rings. The molecular weight excluding hydrogens is 274 g/mol. The van der Waals surface area contributed by atoms with Crippen LogP contribution in [-0.2, 0) is 9.53 Å². The van der Waals surface area contributed by atoms with E-state index >= 15 is 0 Å². The second-order valence-electron chi connectivity index (χ2n) is 8.33. The van der Waals surface area contributed by atoms with Gasteiger partial charge in [-0.05, 0) is 70.4 Å². The molecule has 2 aliphatic heterocycles. The van der Waals surface area contributed by atoms with Crippen LogP contribution in [0.25, 0.3) is 0 Å². The van der Waals surface area contributed by atoms with Gasteiger partial charge in [-0.3, -0.25) is 4.79 Å². The maximum Gasteiger partial charge on any atom is 0.310 e. The summed E-state index contributed by atoms with van der Waals surface area (Å²) in [5, 5.41) is 0. The van der Waals surface area contributed by atoms with Crippen molar-refractivity contribution in [3.63, 3.8) is 0 Å². The molecule has 4 rings (SSSR count). The Morgan fingerprint density at radius 1 is 1.27 bits per heavy atom. The highest BCUT2D eigenvalue weighted by Gasteiger charge is 2.53. The summed E-state index contributed by atoms with van der Waals surface area (Å²) in [6.07, 6.45) is 8.76. The Morgan fingerprint density at radius 3 is 2.82 bits per heavy atom. The van der Waals surface area contributed by atoms with E-state index in [9.17, 15) is 4.79 Å². The van der Waals surface area contributed by atoms with E-state index in [2.05, 4.69) is 18.7 Å². The molecule has 1 saturated carbocycles. The average Bonchev–Trinajstić information content (AvgIpc) is 3.06. The van der Waals surface area contributed by atoms with Gasteiger partial charge in [-0.25, -0.2) is 0 Å². The lowest BCUT2D eigenvalue weighted by Gasteiger charge is -2.45. The molecule has 0 bridgehead atoms. The number of likely N-dealkylation sites (tertiary alicyclic amines) is 1. The molecule has 3 heteroatoms. The molecule has 0 amide bonds. The molecule has 0 aromatic rings. The van der Waals surface area contributed by atoms with Crippen LogP contribution >= 0.6 is 0 Å². The van der Waals surface area contributed by atoms with Crippen LogP contribution in [0.4, 0.5) is 0 Å². The van der Waals surface area contributed by atoms with E-state index in [-0.39, 0.29) is 18.0 Å². The summed E-state index contributed by atoms with van der Waals surface area (Å²) in [6, 6.07) is 0. The number of hydrogen-bond donors (Lipinski definition) is 0.